The van der Waals surface area contributed by atoms with E-state index in [4.69, 9.17) is 34.1 Å². The maximum absolute atomic E-state index is 15.7. The van der Waals surface area contributed by atoms with Crippen LogP contribution in [0.3, 0.4) is 0 Å². The summed E-state index contributed by atoms with van der Waals surface area (Å²) in [6.07, 6.45) is -7.02. The monoisotopic (exact) mass is 502 g/mol. The van der Waals surface area contributed by atoms with Crippen molar-refractivity contribution in [2.45, 2.75) is 24.3 Å². The van der Waals surface area contributed by atoms with E-state index in [9.17, 15) is 23.3 Å². The van der Waals surface area contributed by atoms with E-state index in [1.165, 1.54) is 0 Å². The van der Waals surface area contributed by atoms with Gasteiger partial charge in [0.15, 0.2) is 6.10 Å². The van der Waals surface area contributed by atoms with Gasteiger partial charge in [0.1, 0.15) is 12.2 Å². The highest BCUT2D eigenvalue weighted by Gasteiger charge is 2.63. The first-order valence-corrected chi connectivity index (χ1v) is 11.9. The van der Waals surface area contributed by atoms with Crippen LogP contribution in [0.1, 0.15) is 0 Å². The molecule has 17 nitrogen and oxygen atoms in total. The molecule has 30 heavy (non-hydrogen) atoms. The molecule has 1 fully saturated rings. The molecule has 1 aliphatic heterocycles. The van der Waals surface area contributed by atoms with Gasteiger partial charge < -0.3 is 34.1 Å². The van der Waals surface area contributed by atoms with Crippen LogP contribution in [-0.4, -0.2) is 63.8 Å². The summed E-state index contributed by atoms with van der Waals surface area (Å²) in [6, 6.07) is 0.582. The lowest BCUT2D eigenvalue weighted by Gasteiger charge is -2.29. The number of halogens is 1. The van der Waals surface area contributed by atoms with Crippen molar-refractivity contribution < 1.29 is 65.8 Å². The Morgan fingerprint density at radius 1 is 1.07 bits per heavy atom. The average molecular weight is 502 g/mol. The fraction of sp³-hybridized carbons (Fsp3) is 0.556. The highest BCUT2D eigenvalue weighted by molar-refractivity contribution is 7.46. The molecule has 0 spiro atoms. The van der Waals surface area contributed by atoms with Gasteiger partial charge in [-0.15, -0.1) is 0 Å². The Hall–Kier alpha value is -1.10. The SMILES string of the molecule is O=c1ccn([C@]2(F)O[C@H](COP(=O)(O)O)[C@@H](OP(=O)(O)O)[C@H]2OP(=O)(O)O)c(=O)[nH]1. The lowest BCUT2D eigenvalue weighted by molar-refractivity contribution is -0.236. The van der Waals surface area contributed by atoms with Crippen molar-refractivity contribution in [3.05, 3.63) is 33.1 Å². The number of H-pyrrole nitrogens is 1. The van der Waals surface area contributed by atoms with E-state index in [-0.39, 0.29) is 4.57 Å². The minimum Gasteiger partial charge on any atom is -0.318 e. The van der Waals surface area contributed by atoms with Gasteiger partial charge in [-0.3, -0.25) is 23.3 Å². The number of phosphoric ester groups is 3. The van der Waals surface area contributed by atoms with Gasteiger partial charge in [0, 0.05) is 12.3 Å². The Morgan fingerprint density at radius 2 is 1.63 bits per heavy atom. The first-order valence-electron chi connectivity index (χ1n) is 7.28. The van der Waals surface area contributed by atoms with E-state index in [2.05, 4.69) is 13.6 Å². The molecule has 0 radical (unpaired) electrons. The number of rotatable bonds is 8. The van der Waals surface area contributed by atoms with Crippen LogP contribution >= 0.6 is 23.5 Å². The zero-order valence-electron chi connectivity index (χ0n) is 14.1. The topological polar surface area (TPSA) is 264 Å². The predicted molar refractivity (Wildman–Crippen MR) is 87.1 cm³/mol. The zero-order chi connectivity index (χ0) is 23.1. The number of alkyl halides is 1. The molecule has 1 saturated heterocycles. The fourth-order valence-electron chi connectivity index (χ4n) is 2.45. The van der Waals surface area contributed by atoms with Crippen molar-refractivity contribution in [1.29, 1.82) is 0 Å². The molecule has 1 aliphatic rings. The van der Waals surface area contributed by atoms with Crippen molar-refractivity contribution in [3.63, 3.8) is 0 Å². The molecular weight excluding hydrogens is 488 g/mol. The van der Waals surface area contributed by atoms with Crippen LogP contribution in [0.15, 0.2) is 21.9 Å². The van der Waals surface area contributed by atoms with Gasteiger partial charge in [-0.05, 0) is 0 Å². The van der Waals surface area contributed by atoms with Crippen LogP contribution in [0, 0.1) is 0 Å². The molecule has 2 rings (SSSR count). The number of hydrogen-bond donors (Lipinski definition) is 7. The Kier molecular flexibility index (Phi) is 7.08. The molecule has 1 aromatic heterocycles. The van der Waals surface area contributed by atoms with Crippen LogP contribution in [-0.2, 0) is 38.0 Å². The van der Waals surface area contributed by atoms with Crippen molar-refractivity contribution in [2.75, 3.05) is 6.61 Å². The number of ether oxygens (including phenoxy) is 1. The van der Waals surface area contributed by atoms with Gasteiger partial charge in [0.2, 0.25) is 0 Å². The highest BCUT2D eigenvalue weighted by atomic mass is 31.2. The summed E-state index contributed by atoms with van der Waals surface area (Å²) in [6.45, 7) is -1.33. The van der Waals surface area contributed by atoms with Gasteiger partial charge in [-0.2, -0.15) is 4.39 Å². The fourth-order valence-corrected chi connectivity index (χ4v) is 3.90. The smallest absolute Gasteiger partial charge is 0.318 e. The number of phosphoric acid groups is 3. The van der Waals surface area contributed by atoms with Crippen molar-refractivity contribution in [1.82, 2.24) is 9.55 Å². The van der Waals surface area contributed by atoms with Gasteiger partial charge in [0.05, 0.1) is 6.61 Å². The molecule has 0 amide bonds. The summed E-state index contributed by atoms with van der Waals surface area (Å²) in [5.74, 6) is -3.80. The van der Waals surface area contributed by atoms with Crippen LogP contribution in [0.25, 0.3) is 0 Å². The van der Waals surface area contributed by atoms with E-state index < -0.39 is 65.6 Å². The first-order chi connectivity index (χ1) is 13.4. The number of hydrogen-bond acceptors (Lipinski definition) is 9. The minimum absolute atomic E-state index is 0.0950. The second-order valence-electron chi connectivity index (χ2n) is 5.61. The lowest BCUT2D eigenvalue weighted by atomic mass is 10.1. The third kappa shape index (κ3) is 6.45. The van der Waals surface area contributed by atoms with E-state index in [0.717, 1.165) is 0 Å². The Bertz CT molecular complexity index is 1040. The van der Waals surface area contributed by atoms with E-state index >= 15 is 4.39 Å². The molecule has 4 atom stereocenters. The minimum atomic E-state index is -5.66. The first kappa shape index (κ1) is 25.2. The second-order valence-corrected chi connectivity index (χ2v) is 9.23. The summed E-state index contributed by atoms with van der Waals surface area (Å²) in [4.78, 5) is 78.4. The lowest BCUT2D eigenvalue weighted by Crippen LogP contribution is -2.49. The summed E-state index contributed by atoms with van der Waals surface area (Å²) in [5.41, 5.74) is -2.56. The number of aromatic amines is 1. The molecule has 0 aromatic carbocycles. The third-order valence-electron chi connectivity index (χ3n) is 3.40. The van der Waals surface area contributed by atoms with Crippen molar-refractivity contribution in [3.8, 4) is 0 Å². The summed E-state index contributed by atoms with van der Waals surface area (Å²) >= 11 is 0. The zero-order valence-corrected chi connectivity index (χ0v) is 16.8. The number of aromatic nitrogens is 2. The van der Waals surface area contributed by atoms with E-state index in [1.807, 2.05) is 0 Å². The van der Waals surface area contributed by atoms with Crippen LogP contribution in [0.5, 0.6) is 0 Å². The maximum atomic E-state index is 15.7. The standard InChI is InChI=1S/C9H14FN2O15P3/c10-9(12-2-1-5(13)11-8(12)14)7(27-30(21,22)23)6(26-29(18,19)20)4(25-9)3-24-28(15,16)17/h1-2,4,6-7H,3H2,(H,11,13,14)(H2,15,16,17)(H2,18,19,20)(H2,21,22,23)/t4-,6-,7-,9+/m1/s1. The summed E-state index contributed by atoms with van der Waals surface area (Å²) in [7, 11) is -16.5. The predicted octanol–water partition coefficient (Wildman–Crippen LogP) is -2.42. The van der Waals surface area contributed by atoms with Crippen molar-refractivity contribution >= 4 is 23.5 Å². The van der Waals surface area contributed by atoms with Crippen molar-refractivity contribution in [2.24, 2.45) is 0 Å². The Balaban J connectivity index is 2.61. The molecule has 0 saturated carbocycles. The number of nitrogens with zero attached hydrogens (tertiary/aromatic N) is 1. The molecule has 1 aromatic rings. The molecule has 0 unspecified atom stereocenters. The second kappa shape index (κ2) is 8.44. The van der Waals surface area contributed by atoms with E-state index in [0.29, 0.717) is 12.3 Å². The molecule has 2 heterocycles. The van der Waals surface area contributed by atoms with E-state index in [1.54, 1.807) is 4.98 Å². The molecule has 21 heteroatoms. The van der Waals surface area contributed by atoms with Gasteiger partial charge in [0.25, 0.3) is 5.56 Å². The average Bonchev–Trinajstić information content (AvgIpc) is 2.75. The molecular formula is C9H14FN2O15P3. The number of nitrogens with one attached hydrogen (secondary N) is 1. The molecule has 0 bridgehead atoms. The van der Waals surface area contributed by atoms with Crippen LogP contribution in [0.2, 0.25) is 0 Å². The summed E-state index contributed by atoms with van der Waals surface area (Å²) < 4.78 is 66.2. The third-order valence-corrected chi connectivity index (χ3v) is 4.91. The maximum Gasteiger partial charge on any atom is 0.470 e. The largest absolute Gasteiger partial charge is 0.470 e. The molecule has 7 N–H and O–H groups in total. The molecule has 172 valence electrons. The summed E-state index contributed by atoms with van der Waals surface area (Å²) in [5, 5.41) is 0. The van der Waals surface area contributed by atoms with Gasteiger partial charge in [-0.25, -0.2) is 23.1 Å². The van der Waals surface area contributed by atoms with Gasteiger partial charge >= 0.3 is 35.1 Å². The Morgan fingerprint density at radius 3 is 2.10 bits per heavy atom. The normalized spacial score (nSPS) is 28.0. The quantitative estimate of drug-likeness (QED) is 0.182. The molecule has 0 aliphatic carbocycles. The van der Waals surface area contributed by atoms with Crippen LogP contribution < -0.4 is 11.2 Å². The van der Waals surface area contributed by atoms with Gasteiger partial charge in [-0.1, -0.05) is 0 Å². The highest BCUT2D eigenvalue weighted by Crippen LogP contribution is 2.52. The Labute approximate surface area is 163 Å². The van der Waals surface area contributed by atoms with Crippen LogP contribution in [0.4, 0.5) is 4.39 Å².